The van der Waals surface area contributed by atoms with E-state index in [4.69, 9.17) is 0 Å². The Hall–Kier alpha value is -0.330. The fraction of sp³-hybridized carbons (Fsp3) is 0.833. The smallest absolute Gasteiger partial charge is 0.206 e. The van der Waals surface area contributed by atoms with Gasteiger partial charge in [-0.1, -0.05) is 49.8 Å². The van der Waals surface area contributed by atoms with E-state index in [-0.39, 0.29) is 6.10 Å². The van der Waals surface area contributed by atoms with Crippen molar-refractivity contribution >= 4 is 28.2 Å². The van der Waals surface area contributed by atoms with Crippen molar-refractivity contribution in [1.82, 2.24) is 10.2 Å². The lowest BCUT2D eigenvalue weighted by molar-refractivity contribution is 0.137. The van der Waals surface area contributed by atoms with Crippen LogP contribution in [0.3, 0.4) is 0 Å². The molecule has 1 aromatic heterocycles. The van der Waals surface area contributed by atoms with Crippen LogP contribution in [0.1, 0.15) is 39.5 Å². The largest absolute Gasteiger partial charge is 0.392 e. The lowest BCUT2D eigenvalue weighted by Crippen LogP contribution is -2.26. The van der Waals surface area contributed by atoms with E-state index in [0.29, 0.717) is 11.2 Å². The second-order valence-electron chi connectivity index (χ2n) is 5.16. The van der Waals surface area contributed by atoms with Crippen molar-refractivity contribution in [2.24, 2.45) is 5.92 Å². The molecule has 0 saturated heterocycles. The van der Waals surface area contributed by atoms with Gasteiger partial charge in [0.05, 0.1) is 6.10 Å². The fourth-order valence-electron chi connectivity index (χ4n) is 1.96. The predicted octanol–water partition coefficient (Wildman–Crippen LogP) is 3.00. The van der Waals surface area contributed by atoms with Gasteiger partial charge in [0, 0.05) is 11.8 Å². The maximum absolute atomic E-state index is 9.93. The first-order valence-electron chi connectivity index (χ1n) is 6.57. The first-order valence-corrected chi connectivity index (χ1v) is 8.27. The number of nitrogens with one attached hydrogen (secondary N) is 1. The van der Waals surface area contributed by atoms with Crippen molar-refractivity contribution in [2.75, 3.05) is 11.9 Å². The van der Waals surface area contributed by atoms with Crippen molar-refractivity contribution in [3.8, 4) is 0 Å². The first kappa shape index (κ1) is 14.1. The van der Waals surface area contributed by atoms with Gasteiger partial charge in [0.2, 0.25) is 5.13 Å². The summed E-state index contributed by atoms with van der Waals surface area (Å²) in [7, 11) is 0. The quantitative estimate of drug-likeness (QED) is 0.872. The third kappa shape index (κ3) is 4.10. The van der Waals surface area contributed by atoms with Crippen LogP contribution in [-0.4, -0.2) is 33.2 Å². The number of thioether (sulfide) groups is 1. The van der Waals surface area contributed by atoms with Gasteiger partial charge in [-0.15, -0.1) is 10.2 Å². The molecule has 2 atom stereocenters. The van der Waals surface area contributed by atoms with Crippen molar-refractivity contribution < 1.29 is 5.11 Å². The zero-order chi connectivity index (χ0) is 13.0. The molecule has 2 rings (SSSR count). The minimum Gasteiger partial charge on any atom is -0.392 e. The molecule has 102 valence electrons. The van der Waals surface area contributed by atoms with E-state index in [0.717, 1.165) is 35.3 Å². The second-order valence-corrected chi connectivity index (χ2v) is 7.62. The summed E-state index contributed by atoms with van der Waals surface area (Å²) in [6, 6.07) is 0. The van der Waals surface area contributed by atoms with Crippen LogP contribution >= 0.6 is 23.1 Å². The van der Waals surface area contributed by atoms with Crippen molar-refractivity contribution in [1.29, 1.82) is 0 Å². The van der Waals surface area contributed by atoms with Gasteiger partial charge in [-0.3, -0.25) is 0 Å². The number of nitrogens with zero attached hydrogens (tertiary/aromatic N) is 2. The molecular formula is C12H21N3OS2. The van der Waals surface area contributed by atoms with E-state index in [1.807, 2.05) is 0 Å². The number of anilines is 1. The molecule has 0 amide bonds. The number of aliphatic hydroxyl groups excluding tert-OH is 1. The van der Waals surface area contributed by atoms with Gasteiger partial charge in [-0.2, -0.15) is 0 Å². The molecule has 18 heavy (non-hydrogen) atoms. The molecule has 0 bridgehead atoms. The molecule has 2 N–H and O–H groups in total. The normalized spacial score (nSPS) is 24.4. The summed E-state index contributed by atoms with van der Waals surface area (Å²) in [5.74, 6) is 0.602. The van der Waals surface area contributed by atoms with Crippen LogP contribution in [0.5, 0.6) is 0 Å². The average Bonchev–Trinajstić information content (AvgIpc) is 2.77. The third-order valence-corrected chi connectivity index (χ3v) is 5.34. The van der Waals surface area contributed by atoms with Gasteiger partial charge in [0.15, 0.2) is 4.34 Å². The van der Waals surface area contributed by atoms with Crippen LogP contribution in [0.25, 0.3) is 0 Å². The minimum absolute atomic E-state index is 0.181. The van der Waals surface area contributed by atoms with Gasteiger partial charge < -0.3 is 10.4 Å². The summed E-state index contributed by atoms with van der Waals surface area (Å²) < 4.78 is 0.965. The Labute approximate surface area is 117 Å². The van der Waals surface area contributed by atoms with Crippen LogP contribution in [0.2, 0.25) is 0 Å². The maximum Gasteiger partial charge on any atom is 0.206 e. The third-order valence-electron chi connectivity index (χ3n) is 2.99. The van der Waals surface area contributed by atoms with Crippen molar-refractivity contribution in [2.45, 2.75) is 55.2 Å². The number of aromatic nitrogens is 2. The zero-order valence-corrected chi connectivity index (χ0v) is 12.6. The summed E-state index contributed by atoms with van der Waals surface area (Å²) in [5.41, 5.74) is 0. The summed E-state index contributed by atoms with van der Waals surface area (Å²) in [6.07, 6.45) is 4.19. The molecule has 1 fully saturated rings. The molecule has 0 spiro atoms. The Morgan fingerprint density at radius 2 is 2.17 bits per heavy atom. The minimum atomic E-state index is -0.181. The van der Waals surface area contributed by atoms with Gasteiger partial charge in [-0.05, 0) is 18.8 Å². The molecule has 2 unspecified atom stereocenters. The van der Waals surface area contributed by atoms with E-state index < -0.39 is 0 Å². The van der Waals surface area contributed by atoms with Gasteiger partial charge in [0.25, 0.3) is 0 Å². The Kier molecular flexibility index (Phi) is 5.26. The number of aliphatic hydroxyl groups is 1. The molecular weight excluding hydrogens is 266 g/mol. The molecule has 1 aliphatic rings. The highest BCUT2D eigenvalue weighted by atomic mass is 32.2. The van der Waals surface area contributed by atoms with E-state index >= 15 is 0 Å². The average molecular weight is 287 g/mol. The molecule has 0 aromatic carbocycles. The van der Waals surface area contributed by atoms with Crippen LogP contribution in [-0.2, 0) is 0 Å². The highest BCUT2D eigenvalue weighted by Crippen LogP contribution is 2.36. The van der Waals surface area contributed by atoms with E-state index in [2.05, 4.69) is 29.4 Å². The monoisotopic (exact) mass is 287 g/mol. The maximum atomic E-state index is 9.93. The molecule has 0 aliphatic heterocycles. The standard InChI is InChI=1S/C12H21N3OS2/c1-8(2)7-13-11-14-15-12(18-11)17-10-6-4-3-5-9(10)16/h8-10,16H,3-7H2,1-2H3,(H,13,14). The Morgan fingerprint density at radius 1 is 1.39 bits per heavy atom. The number of hydrogen-bond acceptors (Lipinski definition) is 6. The van der Waals surface area contributed by atoms with E-state index in [9.17, 15) is 5.11 Å². The van der Waals surface area contributed by atoms with Crippen molar-refractivity contribution in [3.63, 3.8) is 0 Å². The fourth-order valence-corrected chi connectivity index (χ4v) is 4.17. The zero-order valence-electron chi connectivity index (χ0n) is 10.9. The molecule has 1 aromatic rings. The highest BCUT2D eigenvalue weighted by Gasteiger charge is 2.25. The molecule has 1 saturated carbocycles. The molecule has 1 aliphatic carbocycles. The lowest BCUT2D eigenvalue weighted by Gasteiger charge is -2.25. The first-order chi connectivity index (χ1) is 8.65. The SMILES string of the molecule is CC(C)CNc1nnc(SC2CCCCC2O)s1. The summed E-state index contributed by atoms with van der Waals surface area (Å²) in [6.45, 7) is 5.26. The summed E-state index contributed by atoms with van der Waals surface area (Å²) >= 11 is 3.27. The van der Waals surface area contributed by atoms with Crippen LogP contribution in [0.4, 0.5) is 5.13 Å². The Balaban J connectivity index is 1.85. The Morgan fingerprint density at radius 3 is 2.89 bits per heavy atom. The summed E-state index contributed by atoms with van der Waals surface area (Å²) in [5, 5.41) is 22.7. The van der Waals surface area contributed by atoms with Crippen molar-refractivity contribution in [3.05, 3.63) is 0 Å². The molecule has 6 heteroatoms. The van der Waals surface area contributed by atoms with Gasteiger partial charge >= 0.3 is 0 Å². The number of hydrogen-bond donors (Lipinski definition) is 2. The molecule has 1 heterocycles. The molecule has 0 radical (unpaired) electrons. The van der Waals surface area contributed by atoms with Crippen LogP contribution in [0, 0.1) is 5.92 Å². The van der Waals surface area contributed by atoms with Gasteiger partial charge in [-0.25, -0.2) is 0 Å². The van der Waals surface area contributed by atoms with E-state index in [1.54, 1.807) is 23.1 Å². The van der Waals surface area contributed by atoms with Crippen LogP contribution in [0.15, 0.2) is 4.34 Å². The molecule has 4 nitrogen and oxygen atoms in total. The lowest BCUT2D eigenvalue weighted by atomic mass is 9.97. The highest BCUT2D eigenvalue weighted by molar-refractivity contribution is 8.01. The number of rotatable bonds is 5. The topological polar surface area (TPSA) is 58.0 Å². The predicted molar refractivity (Wildman–Crippen MR) is 77.4 cm³/mol. The Bertz CT molecular complexity index is 370. The van der Waals surface area contributed by atoms with E-state index in [1.165, 1.54) is 6.42 Å². The second kappa shape index (κ2) is 6.73. The van der Waals surface area contributed by atoms with Gasteiger partial charge in [0.1, 0.15) is 0 Å². The van der Waals surface area contributed by atoms with Crippen LogP contribution < -0.4 is 5.32 Å². The summed E-state index contributed by atoms with van der Waals surface area (Å²) in [4.78, 5) is 0.